The third-order valence-electron chi connectivity index (χ3n) is 6.06. The number of carbonyl (C=O) groups excluding carboxylic acids is 2. The van der Waals surface area contributed by atoms with Crippen LogP contribution < -0.4 is 0 Å². The molecule has 0 spiro atoms. The zero-order valence-corrected chi connectivity index (χ0v) is 17.2. The summed E-state index contributed by atoms with van der Waals surface area (Å²) in [5.41, 5.74) is 3.46. The van der Waals surface area contributed by atoms with E-state index in [1.54, 1.807) is 30.0 Å². The molecule has 6 heteroatoms. The van der Waals surface area contributed by atoms with Crippen molar-refractivity contribution in [2.75, 3.05) is 20.7 Å². The number of amides is 2. The summed E-state index contributed by atoms with van der Waals surface area (Å²) >= 11 is 0. The highest BCUT2D eigenvalue weighted by Gasteiger charge is 2.53. The quantitative estimate of drug-likeness (QED) is 0.832. The van der Waals surface area contributed by atoms with Gasteiger partial charge < -0.3 is 14.9 Å². The Kier molecular flexibility index (Phi) is 5.31. The topological polar surface area (TPSA) is 84.6 Å². The predicted octanol–water partition coefficient (Wildman–Crippen LogP) is 2.64. The van der Waals surface area contributed by atoms with Crippen LogP contribution in [-0.2, 0) is 4.79 Å². The van der Waals surface area contributed by atoms with Crippen LogP contribution >= 0.6 is 0 Å². The van der Waals surface area contributed by atoms with E-state index in [9.17, 15) is 20.0 Å². The molecule has 6 nitrogen and oxygen atoms in total. The maximum atomic E-state index is 12.5. The third kappa shape index (κ3) is 3.46. The smallest absolute Gasteiger partial charge is 0.253 e. The van der Waals surface area contributed by atoms with Gasteiger partial charge in [0.15, 0.2) is 0 Å². The summed E-state index contributed by atoms with van der Waals surface area (Å²) in [4.78, 5) is 27.9. The van der Waals surface area contributed by atoms with E-state index in [1.807, 2.05) is 42.5 Å². The van der Waals surface area contributed by atoms with Gasteiger partial charge in [-0.3, -0.25) is 9.59 Å². The maximum absolute atomic E-state index is 12.5. The molecule has 2 aromatic rings. The minimum absolute atomic E-state index is 0.00385. The Hall–Kier alpha value is -3.17. The number of rotatable bonds is 5. The van der Waals surface area contributed by atoms with E-state index in [1.165, 1.54) is 0 Å². The van der Waals surface area contributed by atoms with Crippen LogP contribution in [0.25, 0.3) is 11.1 Å². The van der Waals surface area contributed by atoms with E-state index in [2.05, 4.69) is 6.07 Å². The lowest BCUT2D eigenvalue weighted by Crippen LogP contribution is -2.65. The average molecular weight is 403 g/mol. The lowest BCUT2D eigenvalue weighted by Gasteiger charge is -2.51. The van der Waals surface area contributed by atoms with Crippen LogP contribution in [0.2, 0.25) is 0 Å². The molecule has 1 N–H and O–H groups in total. The van der Waals surface area contributed by atoms with Crippen LogP contribution in [0.5, 0.6) is 0 Å². The van der Waals surface area contributed by atoms with Gasteiger partial charge in [-0.1, -0.05) is 36.4 Å². The Bertz CT molecular complexity index is 1010. The molecule has 2 fully saturated rings. The highest BCUT2D eigenvalue weighted by Crippen LogP contribution is 2.44. The number of likely N-dealkylation sites (tertiary alicyclic amines) is 1. The van der Waals surface area contributed by atoms with Gasteiger partial charge in [-0.15, -0.1) is 0 Å². The molecular weight excluding hydrogens is 378 g/mol. The van der Waals surface area contributed by atoms with Gasteiger partial charge in [-0.25, -0.2) is 0 Å². The summed E-state index contributed by atoms with van der Waals surface area (Å²) in [7, 11) is 3.45. The van der Waals surface area contributed by atoms with Crippen LogP contribution in [0.15, 0.2) is 48.5 Å². The molecule has 2 amide bonds. The van der Waals surface area contributed by atoms with E-state index in [4.69, 9.17) is 0 Å². The molecule has 1 heterocycles. The monoisotopic (exact) mass is 403 g/mol. The molecule has 0 unspecified atom stereocenters. The second-order valence-corrected chi connectivity index (χ2v) is 8.27. The van der Waals surface area contributed by atoms with E-state index in [0.717, 1.165) is 29.5 Å². The fourth-order valence-electron chi connectivity index (χ4n) is 4.24. The summed E-state index contributed by atoms with van der Waals surface area (Å²) in [5, 5.41) is 19.5. The molecule has 2 aromatic carbocycles. The van der Waals surface area contributed by atoms with Gasteiger partial charge in [0.25, 0.3) is 5.91 Å². The van der Waals surface area contributed by atoms with E-state index < -0.39 is 6.04 Å². The molecule has 1 saturated carbocycles. The molecule has 2 aliphatic rings. The van der Waals surface area contributed by atoms with Crippen LogP contribution in [0, 0.1) is 17.2 Å². The molecule has 30 heavy (non-hydrogen) atoms. The summed E-state index contributed by atoms with van der Waals surface area (Å²) in [6, 6.07) is 16.7. The van der Waals surface area contributed by atoms with Gasteiger partial charge >= 0.3 is 0 Å². The molecule has 1 aliphatic carbocycles. The molecular formula is C24H25N3O3. The molecule has 0 aromatic heterocycles. The van der Waals surface area contributed by atoms with Crippen LogP contribution in [0.4, 0.5) is 0 Å². The normalized spacial score (nSPS) is 22.7. The minimum Gasteiger partial charge on any atom is -0.394 e. The van der Waals surface area contributed by atoms with Crippen LogP contribution in [0.1, 0.15) is 34.7 Å². The van der Waals surface area contributed by atoms with Gasteiger partial charge in [0.05, 0.1) is 18.7 Å². The van der Waals surface area contributed by atoms with Gasteiger partial charge in [-0.05, 0) is 41.7 Å². The average Bonchev–Trinajstić information content (AvgIpc) is 3.59. The first kappa shape index (κ1) is 20.1. The SMILES string of the molecule is CN(C)C(=O)c1cccc(-c2ccc([C@H]3[C@@H](C#N)N(C(=O)C4CC4)[C@H]3CO)cc2)c1. The molecule has 1 aliphatic heterocycles. The highest BCUT2D eigenvalue weighted by molar-refractivity contribution is 5.95. The second kappa shape index (κ2) is 7.92. The number of carbonyl (C=O) groups is 2. The Morgan fingerprint density at radius 1 is 1.13 bits per heavy atom. The Balaban J connectivity index is 1.56. The molecule has 3 atom stereocenters. The van der Waals surface area contributed by atoms with Crippen molar-refractivity contribution in [1.29, 1.82) is 5.26 Å². The van der Waals surface area contributed by atoms with Crippen LogP contribution in [0.3, 0.4) is 0 Å². The van der Waals surface area contributed by atoms with E-state index in [0.29, 0.717) is 5.56 Å². The van der Waals surface area contributed by atoms with Crippen molar-refractivity contribution in [2.24, 2.45) is 5.92 Å². The number of nitriles is 1. The van der Waals surface area contributed by atoms with Gasteiger partial charge in [-0.2, -0.15) is 5.26 Å². The second-order valence-electron chi connectivity index (χ2n) is 8.27. The van der Waals surface area contributed by atoms with E-state index >= 15 is 0 Å². The molecule has 0 radical (unpaired) electrons. The summed E-state index contributed by atoms with van der Waals surface area (Å²) in [6.45, 7) is -0.155. The molecule has 1 saturated heterocycles. The van der Waals surface area contributed by atoms with Crippen molar-refractivity contribution >= 4 is 11.8 Å². The lowest BCUT2D eigenvalue weighted by molar-refractivity contribution is -0.148. The standard InChI is InChI=1S/C24H25N3O3/c1-26(2)23(29)19-5-3-4-18(12-19)15-6-8-16(9-7-15)22-20(13-25)27(21(22)14-28)24(30)17-10-11-17/h3-9,12,17,20-22,28H,10-11,14H2,1-2H3/t20-,21+,22+/m1/s1. The van der Waals surface area contributed by atoms with Crippen LogP contribution in [-0.4, -0.2) is 59.5 Å². The third-order valence-corrected chi connectivity index (χ3v) is 6.06. The van der Waals surface area contributed by atoms with Gasteiger partial charge in [0, 0.05) is 31.5 Å². The number of nitrogens with zero attached hydrogens (tertiary/aromatic N) is 3. The van der Waals surface area contributed by atoms with Crippen molar-refractivity contribution in [2.45, 2.75) is 30.8 Å². The van der Waals surface area contributed by atoms with Gasteiger partial charge in [0.2, 0.25) is 5.91 Å². The summed E-state index contributed by atoms with van der Waals surface area (Å²) in [5.74, 6) is -0.226. The number of aliphatic hydroxyl groups excluding tert-OH is 1. The van der Waals surface area contributed by atoms with E-state index in [-0.39, 0.29) is 36.3 Å². The first-order valence-electron chi connectivity index (χ1n) is 10.2. The Morgan fingerprint density at radius 2 is 1.83 bits per heavy atom. The number of benzene rings is 2. The number of aliphatic hydroxyl groups is 1. The summed E-state index contributed by atoms with van der Waals surface area (Å²) in [6.07, 6.45) is 1.75. The zero-order valence-electron chi connectivity index (χ0n) is 17.2. The fourth-order valence-corrected chi connectivity index (χ4v) is 4.24. The first-order valence-corrected chi connectivity index (χ1v) is 10.2. The maximum Gasteiger partial charge on any atom is 0.253 e. The highest BCUT2D eigenvalue weighted by atomic mass is 16.3. The molecule has 0 bridgehead atoms. The van der Waals surface area contributed by atoms with Crippen molar-refractivity contribution in [3.63, 3.8) is 0 Å². The Labute approximate surface area is 176 Å². The van der Waals surface area contributed by atoms with Crippen molar-refractivity contribution < 1.29 is 14.7 Å². The van der Waals surface area contributed by atoms with Crippen molar-refractivity contribution in [1.82, 2.24) is 9.80 Å². The first-order chi connectivity index (χ1) is 14.5. The molecule has 154 valence electrons. The van der Waals surface area contributed by atoms with Crippen molar-refractivity contribution in [3.05, 3.63) is 59.7 Å². The summed E-state index contributed by atoms with van der Waals surface area (Å²) < 4.78 is 0. The van der Waals surface area contributed by atoms with Gasteiger partial charge in [0.1, 0.15) is 6.04 Å². The predicted molar refractivity (Wildman–Crippen MR) is 112 cm³/mol. The zero-order chi connectivity index (χ0) is 21.4. The minimum atomic E-state index is -0.540. The Morgan fingerprint density at radius 3 is 2.40 bits per heavy atom. The lowest BCUT2D eigenvalue weighted by atomic mass is 9.75. The van der Waals surface area contributed by atoms with Crippen molar-refractivity contribution in [3.8, 4) is 17.2 Å². The fraction of sp³-hybridized carbons (Fsp3) is 0.375. The molecule has 4 rings (SSSR count). The number of hydrogen-bond acceptors (Lipinski definition) is 4. The largest absolute Gasteiger partial charge is 0.394 e. The number of hydrogen-bond donors (Lipinski definition) is 1.